The number of carbonyl (C=O) groups is 2. The summed E-state index contributed by atoms with van der Waals surface area (Å²) in [6, 6.07) is 11.5. The molecule has 0 aliphatic carbocycles. The van der Waals surface area contributed by atoms with Gasteiger partial charge in [-0.05, 0) is 30.3 Å². The molecule has 0 aliphatic heterocycles. The molecule has 0 aliphatic rings. The zero-order valence-corrected chi connectivity index (χ0v) is 10.2. The fourth-order valence-electron chi connectivity index (χ4n) is 1.73. The Balaban J connectivity index is 2.44. The van der Waals surface area contributed by atoms with E-state index in [2.05, 4.69) is 4.74 Å². The Kier molecular flexibility index (Phi) is 3.71. The van der Waals surface area contributed by atoms with Gasteiger partial charge in [-0.15, -0.1) is 0 Å². The van der Waals surface area contributed by atoms with Crippen LogP contribution in [0.25, 0.3) is 0 Å². The van der Waals surface area contributed by atoms with Crippen molar-refractivity contribution in [3.63, 3.8) is 0 Å². The Morgan fingerprint density at radius 1 is 0.947 bits per heavy atom. The number of hydrogen-bond acceptors (Lipinski definition) is 3. The van der Waals surface area contributed by atoms with E-state index in [0.717, 1.165) is 0 Å². The third-order valence-electron chi connectivity index (χ3n) is 2.68. The van der Waals surface area contributed by atoms with Crippen molar-refractivity contribution >= 4 is 11.8 Å². The summed E-state index contributed by atoms with van der Waals surface area (Å²) in [6.07, 6.45) is 0. The first-order valence-electron chi connectivity index (χ1n) is 5.61. The molecule has 2 aromatic rings. The minimum absolute atomic E-state index is 0.194. The van der Waals surface area contributed by atoms with Gasteiger partial charge in [0, 0.05) is 11.1 Å². The largest absolute Gasteiger partial charge is 0.465 e. The van der Waals surface area contributed by atoms with Crippen molar-refractivity contribution in [2.45, 2.75) is 0 Å². The van der Waals surface area contributed by atoms with Crippen molar-refractivity contribution in [1.29, 1.82) is 0 Å². The van der Waals surface area contributed by atoms with Crippen molar-refractivity contribution in [1.82, 2.24) is 0 Å². The van der Waals surface area contributed by atoms with Crippen LogP contribution in [-0.4, -0.2) is 18.9 Å². The van der Waals surface area contributed by atoms with Crippen molar-refractivity contribution in [3.05, 3.63) is 71.0 Å². The van der Waals surface area contributed by atoms with Crippen LogP contribution >= 0.6 is 0 Å². The third kappa shape index (κ3) is 2.68. The molecule has 0 heterocycles. The SMILES string of the molecule is COC(=O)c1ccccc1C(=O)c1ccc(F)cc1. The highest BCUT2D eigenvalue weighted by Crippen LogP contribution is 2.16. The van der Waals surface area contributed by atoms with E-state index in [-0.39, 0.29) is 16.9 Å². The molecule has 0 amide bonds. The third-order valence-corrected chi connectivity index (χ3v) is 2.68. The number of methoxy groups -OCH3 is 1. The molecule has 2 rings (SSSR count). The first-order valence-corrected chi connectivity index (χ1v) is 5.61. The highest BCUT2D eigenvalue weighted by atomic mass is 19.1. The average molecular weight is 258 g/mol. The topological polar surface area (TPSA) is 43.4 Å². The molecule has 0 N–H and O–H groups in total. The van der Waals surface area contributed by atoms with E-state index in [1.165, 1.54) is 43.5 Å². The number of hydrogen-bond donors (Lipinski definition) is 0. The Labute approximate surface area is 109 Å². The molecule has 19 heavy (non-hydrogen) atoms. The molecule has 2 aromatic carbocycles. The summed E-state index contributed by atoms with van der Waals surface area (Å²) in [5.74, 6) is -1.34. The van der Waals surface area contributed by atoms with Gasteiger partial charge < -0.3 is 4.74 Å². The van der Waals surface area contributed by atoms with Gasteiger partial charge in [-0.1, -0.05) is 18.2 Å². The fourth-order valence-corrected chi connectivity index (χ4v) is 1.73. The zero-order valence-electron chi connectivity index (χ0n) is 10.2. The molecule has 4 heteroatoms. The second-order valence-electron chi connectivity index (χ2n) is 3.87. The summed E-state index contributed by atoms with van der Waals surface area (Å²) in [7, 11) is 1.25. The van der Waals surface area contributed by atoms with E-state index in [0.29, 0.717) is 5.56 Å². The van der Waals surface area contributed by atoms with Crippen LogP contribution in [0, 0.1) is 5.82 Å². The summed E-state index contributed by atoms with van der Waals surface area (Å²) in [6.45, 7) is 0. The monoisotopic (exact) mass is 258 g/mol. The van der Waals surface area contributed by atoms with E-state index in [1.54, 1.807) is 12.1 Å². The summed E-state index contributed by atoms with van der Waals surface area (Å²) < 4.78 is 17.5. The summed E-state index contributed by atoms with van der Waals surface area (Å²) >= 11 is 0. The van der Waals surface area contributed by atoms with E-state index in [1.807, 2.05) is 0 Å². The van der Waals surface area contributed by atoms with Gasteiger partial charge in [0.25, 0.3) is 0 Å². The lowest BCUT2D eigenvalue weighted by molar-refractivity contribution is 0.0597. The summed E-state index contributed by atoms with van der Waals surface area (Å²) in [5.41, 5.74) is 0.748. The standard InChI is InChI=1S/C15H11FO3/c1-19-15(18)13-5-3-2-4-12(13)14(17)10-6-8-11(16)9-7-10/h2-9H,1H3. The molecule has 0 saturated heterocycles. The van der Waals surface area contributed by atoms with Gasteiger partial charge in [0.15, 0.2) is 5.78 Å². The number of ether oxygens (including phenoxy) is 1. The first-order chi connectivity index (χ1) is 9.13. The molecule has 0 atom stereocenters. The second-order valence-corrected chi connectivity index (χ2v) is 3.87. The van der Waals surface area contributed by atoms with Gasteiger partial charge in [-0.25, -0.2) is 9.18 Å². The predicted molar refractivity (Wildman–Crippen MR) is 67.6 cm³/mol. The highest BCUT2D eigenvalue weighted by molar-refractivity contribution is 6.14. The molecule has 96 valence electrons. The van der Waals surface area contributed by atoms with Crippen LogP contribution in [0.3, 0.4) is 0 Å². The number of ketones is 1. The summed E-state index contributed by atoms with van der Waals surface area (Å²) in [5, 5.41) is 0. The maximum absolute atomic E-state index is 12.8. The quantitative estimate of drug-likeness (QED) is 0.628. The number of halogens is 1. The molecule has 0 spiro atoms. The van der Waals surface area contributed by atoms with Gasteiger partial charge in [0.2, 0.25) is 0 Å². The van der Waals surface area contributed by atoms with Crippen LogP contribution < -0.4 is 0 Å². The van der Waals surface area contributed by atoms with Crippen LogP contribution in [0.15, 0.2) is 48.5 Å². The maximum Gasteiger partial charge on any atom is 0.338 e. The molecule has 0 bridgehead atoms. The predicted octanol–water partition coefficient (Wildman–Crippen LogP) is 2.84. The maximum atomic E-state index is 12.8. The molecule has 0 saturated carbocycles. The average Bonchev–Trinajstić information content (AvgIpc) is 2.46. The molecule has 0 aromatic heterocycles. The van der Waals surface area contributed by atoms with Gasteiger partial charge in [0.1, 0.15) is 5.82 Å². The smallest absolute Gasteiger partial charge is 0.338 e. The van der Waals surface area contributed by atoms with E-state index < -0.39 is 11.8 Å². The molecule has 0 radical (unpaired) electrons. The number of benzene rings is 2. The number of esters is 1. The molecule has 0 unspecified atom stereocenters. The van der Waals surface area contributed by atoms with E-state index >= 15 is 0 Å². The highest BCUT2D eigenvalue weighted by Gasteiger charge is 2.18. The minimum atomic E-state index is -0.578. The Bertz CT molecular complexity index is 618. The van der Waals surface area contributed by atoms with E-state index in [9.17, 15) is 14.0 Å². The van der Waals surface area contributed by atoms with Crippen LogP contribution in [0.5, 0.6) is 0 Å². The molecular weight excluding hydrogens is 247 g/mol. The molecular formula is C15H11FO3. The van der Waals surface area contributed by atoms with Gasteiger partial charge in [0.05, 0.1) is 12.7 Å². The number of rotatable bonds is 3. The lowest BCUT2D eigenvalue weighted by Crippen LogP contribution is -2.11. The Morgan fingerprint density at radius 3 is 2.11 bits per heavy atom. The second kappa shape index (κ2) is 5.44. The first kappa shape index (κ1) is 13.0. The van der Waals surface area contributed by atoms with Crippen LogP contribution in [0.4, 0.5) is 4.39 Å². The molecule has 0 fully saturated rings. The van der Waals surface area contributed by atoms with Crippen LogP contribution in [-0.2, 0) is 4.74 Å². The zero-order chi connectivity index (χ0) is 13.8. The normalized spacial score (nSPS) is 10.0. The number of carbonyl (C=O) groups excluding carboxylic acids is 2. The summed E-state index contributed by atoms with van der Waals surface area (Å²) in [4.78, 5) is 23.9. The Hall–Kier alpha value is -2.49. The van der Waals surface area contributed by atoms with Crippen molar-refractivity contribution in [2.75, 3.05) is 7.11 Å². The minimum Gasteiger partial charge on any atom is -0.465 e. The lowest BCUT2D eigenvalue weighted by atomic mass is 9.98. The fraction of sp³-hybridized carbons (Fsp3) is 0.0667. The van der Waals surface area contributed by atoms with Crippen molar-refractivity contribution < 1.29 is 18.7 Å². The van der Waals surface area contributed by atoms with E-state index in [4.69, 9.17) is 0 Å². The van der Waals surface area contributed by atoms with Gasteiger partial charge in [-0.2, -0.15) is 0 Å². The van der Waals surface area contributed by atoms with Gasteiger partial charge >= 0.3 is 5.97 Å². The lowest BCUT2D eigenvalue weighted by Gasteiger charge is -2.06. The Morgan fingerprint density at radius 2 is 1.53 bits per heavy atom. The van der Waals surface area contributed by atoms with Crippen LogP contribution in [0.2, 0.25) is 0 Å². The molecule has 3 nitrogen and oxygen atoms in total. The van der Waals surface area contributed by atoms with Gasteiger partial charge in [-0.3, -0.25) is 4.79 Å². The van der Waals surface area contributed by atoms with Crippen molar-refractivity contribution in [3.8, 4) is 0 Å². The van der Waals surface area contributed by atoms with Crippen LogP contribution in [0.1, 0.15) is 26.3 Å². The van der Waals surface area contributed by atoms with Crippen molar-refractivity contribution in [2.24, 2.45) is 0 Å².